The van der Waals surface area contributed by atoms with Crippen LogP contribution in [0, 0.1) is 0 Å². The van der Waals surface area contributed by atoms with E-state index >= 15 is 0 Å². The van der Waals surface area contributed by atoms with E-state index in [2.05, 4.69) is 10.1 Å². The molecule has 27 heavy (non-hydrogen) atoms. The molecule has 0 aliphatic carbocycles. The maximum Gasteiger partial charge on any atom is 0.270 e. The molecule has 1 aliphatic rings. The first-order valence-electron chi connectivity index (χ1n) is 8.88. The molecule has 5 nitrogen and oxygen atoms in total. The number of carbonyl (C=O) groups excluding carboxylic acids is 1. The van der Waals surface area contributed by atoms with E-state index in [0.717, 1.165) is 34.3 Å². The summed E-state index contributed by atoms with van der Waals surface area (Å²) in [5.41, 5.74) is 4.65. The smallest absolute Gasteiger partial charge is 0.270 e. The van der Waals surface area contributed by atoms with Crippen molar-refractivity contribution in [3.63, 3.8) is 0 Å². The zero-order chi connectivity index (χ0) is 18.4. The summed E-state index contributed by atoms with van der Waals surface area (Å²) in [7, 11) is 0. The summed E-state index contributed by atoms with van der Waals surface area (Å²) in [6, 6.07) is 17.5. The van der Waals surface area contributed by atoms with Crippen molar-refractivity contribution in [2.45, 2.75) is 13.0 Å². The van der Waals surface area contributed by atoms with Crippen LogP contribution in [0.5, 0.6) is 0 Å². The van der Waals surface area contributed by atoms with Crippen molar-refractivity contribution in [1.29, 1.82) is 0 Å². The fraction of sp³-hybridized carbons (Fsp3) is 0.143. The minimum Gasteiger partial charge on any atom is -0.351 e. The van der Waals surface area contributed by atoms with Gasteiger partial charge in [0.15, 0.2) is 0 Å². The molecule has 0 fully saturated rings. The molecule has 0 atom stereocenters. The fourth-order valence-electron chi connectivity index (χ4n) is 3.70. The molecule has 2 aromatic heterocycles. The molecule has 0 bridgehead atoms. The van der Waals surface area contributed by atoms with Crippen LogP contribution in [0.4, 0.5) is 0 Å². The van der Waals surface area contributed by atoms with Gasteiger partial charge in [-0.05, 0) is 24.3 Å². The third-order valence-electron chi connectivity index (χ3n) is 5.06. The number of carbonyl (C=O) groups is 1. The molecular weight excluding hydrogens is 360 g/mol. The van der Waals surface area contributed by atoms with Crippen molar-refractivity contribution >= 4 is 28.4 Å². The number of aromatic amines is 1. The van der Waals surface area contributed by atoms with Crippen LogP contribution in [0.1, 0.15) is 21.7 Å². The van der Waals surface area contributed by atoms with E-state index in [4.69, 9.17) is 11.6 Å². The molecule has 1 aliphatic heterocycles. The predicted molar refractivity (Wildman–Crippen MR) is 105 cm³/mol. The Labute approximate surface area is 161 Å². The van der Waals surface area contributed by atoms with E-state index in [-0.39, 0.29) is 5.91 Å². The van der Waals surface area contributed by atoms with Gasteiger partial charge >= 0.3 is 0 Å². The number of amides is 1. The minimum atomic E-state index is 0.0161. The average Bonchev–Trinajstić information content (AvgIpc) is 3.31. The van der Waals surface area contributed by atoms with Crippen molar-refractivity contribution in [3.05, 3.63) is 82.8 Å². The third-order valence-corrected chi connectivity index (χ3v) is 5.38. The highest BCUT2D eigenvalue weighted by atomic mass is 35.5. The number of halogens is 1. The van der Waals surface area contributed by atoms with Gasteiger partial charge in [0, 0.05) is 36.0 Å². The Morgan fingerprint density at radius 1 is 1.11 bits per heavy atom. The Morgan fingerprint density at radius 2 is 1.93 bits per heavy atom. The lowest BCUT2D eigenvalue weighted by Crippen LogP contribution is -2.36. The Kier molecular flexibility index (Phi) is 3.76. The molecule has 0 saturated carbocycles. The summed E-state index contributed by atoms with van der Waals surface area (Å²) >= 11 is 6.33. The van der Waals surface area contributed by atoms with Crippen molar-refractivity contribution in [3.8, 4) is 5.69 Å². The van der Waals surface area contributed by atoms with Crippen LogP contribution in [0.2, 0.25) is 5.02 Å². The lowest BCUT2D eigenvalue weighted by Gasteiger charge is -2.27. The van der Waals surface area contributed by atoms with Gasteiger partial charge < -0.3 is 9.88 Å². The lowest BCUT2D eigenvalue weighted by atomic mass is 10.1. The van der Waals surface area contributed by atoms with E-state index < -0.39 is 0 Å². The monoisotopic (exact) mass is 376 g/mol. The molecule has 6 heteroatoms. The first-order valence-corrected chi connectivity index (χ1v) is 9.26. The number of hydrogen-bond donors (Lipinski definition) is 1. The summed E-state index contributed by atoms with van der Waals surface area (Å²) < 4.78 is 1.89. The van der Waals surface area contributed by atoms with E-state index in [1.54, 1.807) is 0 Å². The molecule has 1 amide bonds. The lowest BCUT2D eigenvalue weighted by molar-refractivity contribution is 0.0729. The van der Waals surface area contributed by atoms with Crippen molar-refractivity contribution < 1.29 is 4.79 Å². The summed E-state index contributed by atoms with van der Waals surface area (Å²) in [5, 5.41) is 6.23. The second-order valence-corrected chi connectivity index (χ2v) is 7.13. The molecule has 1 N–H and O–H groups in total. The maximum absolute atomic E-state index is 13.0. The van der Waals surface area contributed by atoms with Crippen LogP contribution in [-0.4, -0.2) is 32.1 Å². The van der Waals surface area contributed by atoms with Gasteiger partial charge in [-0.2, -0.15) is 5.10 Å². The summed E-state index contributed by atoms with van der Waals surface area (Å²) in [6.45, 7) is 1.20. The van der Waals surface area contributed by atoms with Gasteiger partial charge in [0.25, 0.3) is 5.91 Å². The summed E-state index contributed by atoms with van der Waals surface area (Å²) in [6.07, 6.45) is 2.58. The Balaban J connectivity index is 1.43. The number of H-pyrrole nitrogens is 1. The first kappa shape index (κ1) is 16.1. The minimum absolute atomic E-state index is 0.0161. The third kappa shape index (κ3) is 2.71. The van der Waals surface area contributed by atoms with Gasteiger partial charge in [-0.3, -0.25) is 4.79 Å². The van der Waals surface area contributed by atoms with E-state index in [1.165, 1.54) is 0 Å². The van der Waals surface area contributed by atoms with Gasteiger partial charge in [0.1, 0.15) is 5.69 Å². The van der Waals surface area contributed by atoms with Crippen molar-refractivity contribution in [1.82, 2.24) is 19.7 Å². The number of nitrogens with zero attached hydrogens (tertiary/aromatic N) is 3. The first-order chi connectivity index (χ1) is 13.2. The topological polar surface area (TPSA) is 53.9 Å². The average molecular weight is 377 g/mol. The van der Waals surface area contributed by atoms with Crippen molar-refractivity contribution in [2.75, 3.05) is 6.54 Å². The van der Waals surface area contributed by atoms with E-state index in [9.17, 15) is 4.79 Å². The summed E-state index contributed by atoms with van der Waals surface area (Å²) in [4.78, 5) is 18.0. The number of aromatic nitrogens is 3. The summed E-state index contributed by atoms with van der Waals surface area (Å²) in [5.74, 6) is 0.0161. The molecule has 2 aromatic carbocycles. The largest absolute Gasteiger partial charge is 0.351 e. The number of benzene rings is 2. The van der Waals surface area contributed by atoms with Crippen LogP contribution >= 0.6 is 11.6 Å². The quantitative estimate of drug-likeness (QED) is 0.570. The van der Waals surface area contributed by atoms with Crippen LogP contribution in [0.15, 0.2) is 60.8 Å². The number of fused-ring (bicyclic) bond motifs is 2. The van der Waals surface area contributed by atoms with Crippen LogP contribution in [0.3, 0.4) is 0 Å². The number of nitrogens with one attached hydrogen (secondary N) is 1. The number of rotatable bonds is 2. The highest BCUT2D eigenvalue weighted by Crippen LogP contribution is 2.27. The standard InChI is InChI=1S/C21H17ClN4O/c22-16-6-2-4-8-20(16)26-19-9-10-25(13-15(19)12-23-26)21(27)18-11-14-5-1-3-7-17(14)24-18/h1-8,11-12,24H,9-10,13H2. The normalized spacial score (nSPS) is 13.7. The molecule has 134 valence electrons. The van der Waals surface area contributed by atoms with Crippen LogP contribution in [0.25, 0.3) is 16.6 Å². The molecule has 4 aromatic rings. The molecule has 0 saturated heterocycles. The number of hydrogen-bond acceptors (Lipinski definition) is 2. The highest BCUT2D eigenvalue weighted by Gasteiger charge is 2.26. The second kappa shape index (κ2) is 6.28. The molecule has 0 radical (unpaired) electrons. The van der Waals surface area contributed by atoms with Crippen LogP contribution in [-0.2, 0) is 13.0 Å². The second-order valence-electron chi connectivity index (χ2n) is 6.73. The zero-order valence-electron chi connectivity index (χ0n) is 14.5. The van der Waals surface area contributed by atoms with Gasteiger partial charge in [-0.1, -0.05) is 41.9 Å². The SMILES string of the molecule is O=C(c1cc2ccccc2[nH]1)N1CCc2c(cnn2-c2ccccc2Cl)C1. The highest BCUT2D eigenvalue weighted by molar-refractivity contribution is 6.32. The molecular formula is C21H17ClN4O. The van der Waals surface area contributed by atoms with Gasteiger partial charge in [0.05, 0.1) is 22.6 Å². The molecule has 3 heterocycles. The van der Waals surface area contributed by atoms with E-state index in [1.807, 2.05) is 70.4 Å². The van der Waals surface area contributed by atoms with E-state index in [0.29, 0.717) is 23.8 Å². The number of para-hydroxylation sites is 2. The Morgan fingerprint density at radius 3 is 2.78 bits per heavy atom. The van der Waals surface area contributed by atoms with Crippen molar-refractivity contribution in [2.24, 2.45) is 0 Å². The Hall–Kier alpha value is -3.05. The zero-order valence-corrected chi connectivity index (χ0v) is 15.3. The Bertz CT molecular complexity index is 1130. The molecule has 0 unspecified atom stereocenters. The van der Waals surface area contributed by atoms with Gasteiger partial charge in [-0.15, -0.1) is 0 Å². The maximum atomic E-state index is 13.0. The fourth-order valence-corrected chi connectivity index (χ4v) is 3.91. The predicted octanol–water partition coefficient (Wildman–Crippen LogP) is 4.21. The molecule has 0 spiro atoms. The van der Waals surface area contributed by atoms with Gasteiger partial charge in [-0.25, -0.2) is 4.68 Å². The molecule has 5 rings (SSSR count). The van der Waals surface area contributed by atoms with Gasteiger partial charge in [0.2, 0.25) is 0 Å². The van der Waals surface area contributed by atoms with Crippen LogP contribution < -0.4 is 0 Å².